The Morgan fingerprint density at radius 1 is 1.07 bits per heavy atom. The van der Waals surface area contributed by atoms with Crippen LogP contribution >= 0.6 is 0 Å². The summed E-state index contributed by atoms with van der Waals surface area (Å²) in [6, 6.07) is 3.86. The number of aromatic nitrogens is 1. The Morgan fingerprint density at radius 2 is 1.87 bits per heavy atom. The Bertz CT molecular complexity index is 261. The Balaban J connectivity index is 2.35. The Hall–Kier alpha value is -1.13. The van der Waals surface area contributed by atoms with Crippen molar-refractivity contribution in [1.82, 2.24) is 4.98 Å². The zero-order valence-electron chi connectivity index (χ0n) is 9.23. The fourth-order valence-corrected chi connectivity index (χ4v) is 1.09. The number of nitrogens with zero attached hydrogens (tertiary/aromatic N) is 1. The first kappa shape index (κ1) is 11.9. The number of pyridine rings is 1. The molecule has 0 aromatic carbocycles. The number of methoxy groups -OCH3 is 2. The number of hydrogen-bond donors (Lipinski definition) is 0. The van der Waals surface area contributed by atoms with Crippen LogP contribution in [0.15, 0.2) is 18.3 Å². The molecule has 0 fully saturated rings. The van der Waals surface area contributed by atoms with Gasteiger partial charge in [0.25, 0.3) is 0 Å². The maximum atomic E-state index is 5.39. The summed E-state index contributed by atoms with van der Waals surface area (Å²) < 4.78 is 15.2. The van der Waals surface area contributed by atoms with E-state index in [0.717, 1.165) is 17.9 Å². The predicted molar refractivity (Wildman–Crippen MR) is 57.2 cm³/mol. The minimum absolute atomic E-state index is 0.551. The molecule has 15 heavy (non-hydrogen) atoms. The summed E-state index contributed by atoms with van der Waals surface area (Å²) >= 11 is 0. The van der Waals surface area contributed by atoms with Crippen molar-refractivity contribution in [3.63, 3.8) is 0 Å². The lowest BCUT2D eigenvalue weighted by atomic mass is 10.3. The highest BCUT2D eigenvalue weighted by Crippen LogP contribution is 2.09. The van der Waals surface area contributed by atoms with Crippen molar-refractivity contribution < 1.29 is 14.2 Å². The average molecular weight is 211 g/mol. The Morgan fingerprint density at radius 3 is 2.47 bits per heavy atom. The summed E-state index contributed by atoms with van der Waals surface area (Å²) in [5, 5.41) is 0. The lowest BCUT2D eigenvalue weighted by molar-refractivity contribution is 0.146. The van der Waals surface area contributed by atoms with Crippen molar-refractivity contribution >= 4 is 0 Å². The molecule has 0 saturated carbocycles. The van der Waals surface area contributed by atoms with Crippen molar-refractivity contribution in [1.29, 1.82) is 0 Å². The second kappa shape index (κ2) is 7.20. The molecular weight excluding hydrogens is 194 g/mol. The summed E-state index contributed by atoms with van der Waals surface area (Å²) in [5.74, 6) is 0.771. The summed E-state index contributed by atoms with van der Waals surface area (Å²) in [4.78, 5) is 4.25. The van der Waals surface area contributed by atoms with E-state index < -0.39 is 0 Å². The van der Waals surface area contributed by atoms with Gasteiger partial charge in [-0.25, -0.2) is 0 Å². The molecule has 0 amide bonds. The third-order valence-electron chi connectivity index (χ3n) is 1.92. The van der Waals surface area contributed by atoms with Crippen molar-refractivity contribution in [2.24, 2.45) is 0 Å². The van der Waals surface area contributed by atoms with Gasteiger partial charge in [0.05, 0.1) is 19.4 Å². The van der Waals surface area contributed by atoms with Gasteiger partial charge in [-0.1, -0.05) is 0 Å². The first-order valence-corrected chi connectivity index (χ1v) is 4.92. The molecule has 0 aliphatic carbocycles. The predicted octanol–water partition coefficient (Wildman–Crippen LogP) is 1.30. The minimum atomic E-state index is 0.551. The van der Waals surface area contributed by atoms with E-state index in [4.69, 9.17) is 14.2 Å². The van der Waals surface area contributed by atoms with E-state index in [2.05, 4.69) is 4.98 Å². The van der Waals surface area contributed by atoms with Gasteiger partial charge in [-0.2, -0.15) is 0 Å². The van der Waals surface area contributed by atoms with Gasteiger partial charge in [0.15, 0.2) is 0 Å². The number of rotatable bonds is 7. The van der Waals surface area contributed by atoms with Crippen LogP contribution in [0.4, 0.5) is 0 Å². The third-order valence-corrected chi connectivity index (χ3v) is 1.92. The van der Waals surface area contributed by atoms with E-state index in [-0.39, 0.29) is 0 Å². The Labute approximate surface area is 90.2 Å². The van der Waals surface area contributed by atoms with Gasteiger partial charge >= 0.3 is 0 Å². The van der Waals surface area contributed by atoms with E-state index in [1.54, 1.807) is 20.4 Å². The van der Waals surface area contributed by atoms with Crippen LogP contribution < -0.4 is 4.74 Å². The molecule has 0 saturated heterocycles. The molecule has 0 aliphatic rings. The summed E-state index contributed by atoms with van der Waals surface area (Å²) in [7, 11) is 3.33. The fourth-order valence-electron chi connectivity index (χ4n) is 1.09. The highest BCUT2D eigenvalue weighted by molar-refractivity contribution is 5.19. The van der Waals surface area contributed by atoms with Gasteiger partial charge < -0.3 is 14.2 Å². The van der Waals surface area contributed by atoms with Crippen LogP contribution in [0, 0.1) is 0 Å². The molecule has 1 rings (SSSR count). The van der Waals surface area contributed by atoms with E-state index in [1.807, 2.05) is 12.1 Å². The van der Waals surface area contributed by atoms with E-state index in [1.165, 1.54) is 0 Å². The Kier molecular flexibility index (Phi) is 5.73. The quantitative estimate of drug-likeness (QED) is 0.637. The first-order valence-electron chi connectivity index (χ1n) is 4.92. The topological polar surface area (TPSA) is 40.6 Å². The van der Waals surface area contributed by atoms with Gasteiger partial charge in [0.1, 0.15) is 12.4 Å². The van der Waals surface area contributed by atoms with Gasteiger partial charge in [-0.05, 0) is 12.1 Å². The second-order valence-electron chi connectivity index (χ2n) is 3.07. The van der Waals surface area contributed by atoms with Crippen molar-refractivity contribution in [3.05, 3.63) is 24.0 Å². The average Bonchev–Trinajstić information content (AvgIpc) is 2.28. The van der Waals surface area contributed by atoms with E-state index >= 15 is 0 Å². The lowest BCUT2D eigenvalue weighted by Gasteiger charge is -2.05. The molecule has 84 valence electrons. The highest BCUT2D eigenvalue weighted by atomic mass is 16.5. The SMILES string of the molecule is COCCOc1ccc(CCOC)nc1. The van der Waals surface area contributed by atoms with Gasteiger partial charge in [0.2, 0.25) is 0 Å². The molecule has 0 bridgehead atoms. The van der Waals surface area contributed by atoms with Crippen molar-refractivity contribution in [3.8, 4) is 5.75 Å². The second-order valence-corrected chi connectivity index (χ2v) is 3.07. The molecule has 1 aromatic rings. The summed E-state index contributed by atoms with van der Waals surface area (Å²) in [6.07, 6.45) is 2.55. The molecule has 4 nitrogen and oxygen atoms in total. The zero-order chi connectivity index (χ0) is 10.9. The van der Waals surface area contributed by atoms with Gasteiger partial charge in [0, 0.05) is 26.3 Å². The molecule has 1 aromatic heterocycles. The van der Waals surface area contributed by atoms with Crippen LogP contribution in [0.25, 0.3) is 0 Å². The molecule has 1 heterocycles. The molecule has 0 unspecified atom stereocenters. The molecule has 0 spiro atoms. The maximum Gasteiger partial charge on any atom is 0.137 e. The van der Waals surface area contributed by atoms with Gasteiger partial charge in [-0.15, -0.1) is 0 Å². The van der Waals surface area contributed by atoms with Crippen LogP contribution in [0.2, 0.25) is 0 Å². The molecule has 0 radical (unpaired) electrons. The van der Waals surface area contributed by atoms with Crippen LogP contribution in [0.3, 0.4) is 0 Å². The first-order chi connectivity index (χ1) is 7.36. The van der Waals surface area contributed by atoms with Gasteiger partial charge in [-0.3, -0.25) is 4.98 Å². The third kappa shape index (κ3) is 4.76. The zero-order valence-corrected chi connectivity index (χ0v) is 9.23. The van der Waals surface area contributed by atoms with Crippen LogP contribution in [-0.2, 0) is 15.9 Å². The largest absolute Gasteiger partial charge is 0.490 e. The summed E-state index contributed by atoms with van der Waals surface area (Å²) in [5.41, 5.74) is 1.01. The van der Waals surface area contributed by atoms with Crippen LogP contribution in [0.1, 0.15) is 5.69 Å². The monoisotopic (exact) mass is 211 g/mol. The number of hydrogen-bond acceptors (Lipinski definition) is 4. The summed E-state index contributed by atoms with van der Waals surface area (Å²) in [6.45, 7) is 1.83. The molecule has 0 aliphatic heterocycles. The van der Waals surface area contributed by atoms with Crippen LogP contribution in [0.5, 0.6) is 5.75 Å². The normalized spacial score (nSPS) is 10.3. The van der Waals surface area contributed by atoms with E-state index in [9.17, 15) is 0 Å². The molecule has 4 heteroatoms. The van der Waals surface area contributed by atoms with Crippen LogP contribution in [-0.4, -0.2) is 39.0 Å². The lowest BCUT2D eigenvalue weighted by Crippen LogP contribution is -2.05. The minimum Gasteiger partial charge on any atom is -0.490 e. The molecular formula is C11H17NO3. The molecule has 0 atom stereocenters. The van der Waals surface area contributed by atoms with Crippen molar-refractivity contribution in [2.75, 3.05) is 34.0 Å². The molecule has 0 N–H and O–H groups in total. The fraction of sp³-hybridized carbons (Fsp3) is 0.545. The maximum absolute atomic E-state index is 5.39. The van der Waals surface area contributed by atoms with Crippen molar-refractivity contribution in [2.45, 2.75) is 6.42 Å². The smallest absolute Gasteiger partial charge is 0.137 e. The number of ether oxygens (including phenoxy) is 3. The van der Waals surface area contributed by atoms with E-state index in [0.29, 0.717) is 19.8 Å². The standard InChI is InChI=1S/C11H17NO3/c1-13-6-5-10-3-4-11(9-12-10)15-8-7-14-2/h3-4,9H,5-8H2,1-2H3. The highest BCUT2D eigenvalue weighted by Gasteiger charge is 1.96.